The molecule has 0 spiro atoms. The van der Waals surface area contributed by atoms with Crippen molar-refractivity contribution in [2.24, 2.45) is 10.7 Å². The molecule has 0 saturated carbocycles. The van der Waals surface area contributed by atoms with Gasteiger partial charge in [0.2, 0.25) is 6.86 Å². The van der Waals surface area contributed by atoms with Crippen LogP contribution in [0.1, 0.15) is 23.0 Å². The Labute approximate surface area is 168 Å². The van der Waals surface area contributed by atoms with Crippen LogP contribution >= 0.6 is 0 Å². The van der Waals surface area contributed by atoms with Gasteiger partial charge in [-0.05, 0) is 31.2 Å². The van der Waals surface area contributed by atoms with E-state index in [1.54, 1.807) is 0 Å². The summed E-state index contributed by atoms with van der Waals surface area (Å²) in [6.45, 7) is -0.595. The summed E-state index contributed by atoms with van der Waals surface area (Å²) in [7, 11) is 0. The van der Waals surface area contributed by atoms with Gasteiger partial charge in [-0.3, -0.25) is 4.79 Å². The maximum absolute atomic E-state index is 14.5. The average molecular weight is 422 g/mol. The second-order valence-corrected chi connectivity index (χ2v) is 6.29. The van der Waals surface area contributed by atoms with Gasteiger partial charge in [0.05, 0.1) is 6.20 Å². The summed E-state index contributed by atoms with van der Waals surface area (Å²) in [6.07, 6.45) is 2.34. The summed E-state index contributed by atoms with van der Waals surface area (Å²) in [4.78, 5) is 24.0. The molecular weight excluding hydrogens is 405 g/mol. The third-order valence-corrected chi connectivity index (χ3v) is 4.11. The number of alkyl halides is 2. The lowest BCUT2D eigenvalue weighted by atomic mass is 9.90. The summed E-state index contributed by atoms with van der Waals surface area (Å²) in [5.74, 6) is -2.00. The molecule has 0 bridgehead atoms. The Kier molecular flexibility index (Phi) is 5.76. The third kappa shape index (κ3) is 4.26. The smallest absolute Gasteiger partial charge is 0.288 e. The van der Waals surface area contributed by atoms with Crippen LogP contribution in [0.4, 0.5) is 24.7 Å². The number of ether oxygens (including phenoxy) is 2. The number of aliphatic imine (C=N–C) groups is 1. The van der Waals surface area contributed by atoms with E-state index in [9.17, 15) is 18.0 Å². The lowest BCUT2D eigenvalue weighted by Gasteiger charge is -2.28. The van der Waals surface area contributed by atoms with Crippen LogP contribution in [0.25, 0.3) is 0 Å². The minimum absolute atomic E-state index is 0.0230. The molecule has 0 saturated heterocycles. The molecule has 0 unspecified atom stereocenters. The highest BCUT2D eigenvalue weighted by Gasteiger charge is 2.32. The number of hydrogen-bond donors (Lipinski definition) is 3. The van der Waals surface area contributed by atoms with Crippen LogP contribution in [0.2, 0.25) is 0 Å². The number of nitrogen functional groups attached to an aromatic ring is 1. The second-order valence-electron chi connectivity index (χ2n) is 6.29. The number of amidine groups is 1. The number of benzene rings is 1. The first kappa shape index (κ1) is 20.9. The number of carbonyl (C=O) groups is 1. The molecule has 1 amide bonds. The molecule has 1 aromatic heterocycles. The van der Waals surface area contributed by atoms with Gasteiger partial charge in [0.1, 0.15) is 29.5 Å². The Bertz CT molecular complexity index is 1050. The summed E-state index contributed by atoms with van der Waals surface area (Å²) in [6, 6.07) is 3.42. The number of nitrogens with one attached hydrogen (secondary N) is 1. The number of halogens is 3. The van der Waals surface area contributed by atoms with E-state index in [1.165, 1.54) is 25.1 Å². The van der Waals surface area contributed by atoms with E-state index in [1.807, 2.05) is 0 Å². The van der Waals surface area contributed by atoms with Gasteiger partial charge in [-0.1, -0.05) is 0 Å². The van der Waals surface area contributed by atoms with E-state index in [0.29, 0.717) is 0 Å². The number of carbonyl (C=O) groups excluding carboxylic acids is 1. The van der Waals surface area contributed by atoms with E-state index in [-0.39, 0.29) is 40.4 Å². The summed E-state index contributed by atoms with van der Waals surface area (Å²) in [5.41, 5.74) is 9.82. The fraction of sp³-hybridized carbons (Fsp3) is 0.222. The number of hydrogen-bond acceptors (Lipinski definition) is 8. The highest BCUT2D eigenvalue weighted by atomic mass is 19.1. The zero-order valence-electron chi connectivity index (χ0n) is 15.7. The van der Waals surface area contributed by atoms with Gasteiger partial charge >= 0.3 is 0 Å². The van der Waals surface area contributed by atoms with Crippen LogP contribution in [-0.4, -0.2) is 35.4 Å². The highest BCUT2D eigenvalue weighted by molar-refractivity contribution is 6.03. The summed E-state index contributed by atoms with van der Waals surface area (Å²) in [5, 5.41) is 2.51. The van der Waals surface area contributed by atoms with E-state index < -0.39 is 30.8 Å². The first-order chi connectivity index (χ1) is 14.3. The zero-order valence-corrected chi connectivity index (χ0v) is 15.7. The van der Waals surface area contributed by atoms with Crippen molar-refractivity contribution in [1.29, 1.82) is 0 Å². The van der Waals surface area contributed by atoms with Crippen LogP contribution in [0, 0.1) is 5.82 Å². The highest BCUT2D eigenvalue weighted by Crippen LogP contribution is 2.35. The number of aromatic nitrogens is 2. The van der Waals surface area contributed by atoms with Gasteiger partial charge in [0, 0.05) is 11.3 Å². The molecule has 1 aliphatic rings. The Morgan fingerprint density at radius 1 is 1.33 bits per heavy atom. The van der Waals surface area contributed by atoms with Crippen LogP contribution in [0.3, 0.4) is 0 Å². The van der Waals surface area contributed by atoms with Crippen LogP contribution < -0.4 is 21.5 Å². The number of amides is 1. The van der Waals surface area contributed by atoms with Crippen LogP contribution in [-0.2, 0) is 10.3 Å². The number of nitrogens with two attached hydrogens (primary N) is 2. The van der Waals surface area contributed by atoms with Gasteiger partial charge in [-0.15, -0.1) is 0 Å². The molecule has 1 aromatic carbocycles. The number of nitrogens with zero attached hydrogens (tertiary/aromatic N) is 3. The third-order valence-electron chi connectivity index (χ3n) is 4.11. The zero-order chi connectivity index (χ0) is 21.9. The SMILES string of the molecule is C[C@@]1(c2cc(NC(=O)c3cnc(OCF)c(N)n3)ccc2F)C=C(CF)OC(N)=N1. The lowest BCUT2D eigenvalue weighted by Crippen LogP contribution is -2.31. The average Bonchev–Trinajstić information content (AvgIpc) is 2.70. The first-order valence-electron chi connectivity index (χ1n) is 8.49. The van der Waals surface area contributed by atoms with Crippen molar-refractivity contribution >= 4 is 23.4 Å². The summed E-state index contributed by atoms with van der Waals surface area (Å²) < 4.78 is 49.3. The molecule has 2 aromatic rings. The van der Waals surface area contributed by atoms with Crippen molar-refractivity contribution in [2.75, 3.05) is 24.6 Å². The molecule has 12 heteroatoms. The molecule has 0 fully saturated rings. The minimum atomic E-state index is -1.36. The van der Waals surface area contributed by atoms with Crippen molar-refractivity contribution in [1.82, 2.24) is 9.97 Å². The lowest BCUT2D eigenvalue weighted by molar-refractivity contribution is 0.102. The standard InChI is InChI=1S/C18H17F3N6O3/c1-18(5-10(6-19)30-17(23)27-18)11-4-9(2-3-12(11)21)25-15(28)13-7-24-16(29-8-20)14(22)26-13/h2-5,7H,6,8H2,1H3,(H2,22,26)(H2,23,27)(H,25,28)/t18-/m0/s1. The topological polar surface area (TPSA) is 138 Å². The van der Waals surface area contributed by atoms with Gasteiger partial charge < -0.3 is 26.3 Å². The Balaban J connectivity index is 1.89. The van der Waals surface area contributed by atoms with Crippen molar-refractivity contribution in [3.05, 3.63) is 53.3 Å². The van der Waals surface area contributed by atoms with E-state index >= 15 is 0 Å². The number of rotatable bonds is 6. The minimum Gasteiger partial charge on any atom is -0.443 e. The maximum Gasteiger partial charge on any atom is 0.288 e. The van der Waals surface area contributed by atoms with E-state index in [2.05, 4.69) is 25.0 Å². The van der Waals surface area contributed by atoms with Gasteiger partial charge in [-0.2, -0.15) is 0 Å². The number of anilines is 2. The molecule has 0 radical (unpaired) electrons. The molecule has 3 rings (SSSR count). The second kappa shape index (κ2) is 8.27. The number of allylic oxidation sites excluding steroid dienone is 1. The largest absolute Gasteiger partial charge is 0.443 e. The van der Waals surface area contributed by atoms with Crippen molar-refractivity contribution in [3.63, 3.8) is 0 Å². The predicted octanol–water partition coefficient (Wildman–Crippen LogP) is 2.17. The van der Waals surface area contributed by atoms with Crippen LogP contribution in [0.15, 0.2) is 41.2 Å². The van der Waals surface area contributed by atoms with E-state index in [4.69, 9.17) is 16.2 Å². The molecule has 1 atom stereocenters. The predicted molar refractivity (Wildman–Crippen MR) is 102 cm³/mol. The summed E-state index contributed by atoms with van der Waals surface area (Å²) >= 11 is 0. The molecule has 30 heavy (non-hydrogen) atoms. The monoisotopic (exact) mass is 422 g/mol. The molecular formula is C18H17F3N6O3. The fourth-order valence-electron chi connectivity index (χ4n) is 2.82. The first-order valence-corrected chi connectivity index (χ1v) is 8.49. The normalized spacial score (nSPS) is 18.1. The van der Waals surface area contributed by atoms with Crippen LogP contribution in [0.5, 0.6) is 5.88 Å². The Morgan fingerprint density at radius 2 is 2.10 bits per heavy atom. The molecule has 5 N–H and O–H groups in total. The molecule has 158 valence electrons. The van der Waals surface area contributed by atoms with Crippen molar-refractivity contribution in [3.8, 4) is 5.88 Å². The quantitative estimate of drug-likeness (QED) is 0.649. The molecule has 1 aliphatic heterocycles. The molecule has 2 heterocycles. The molecule has 9 nitrogen and oxygen atoms in total. The Hall–Kier alpha value is -3.83. The maximum atomic E-state index is 14.5. The van der Waals surface area contributed by atoms with Gasteiger partial charge in [0.15, 0.2) is 5.82 Å². The van der Waals surface area contributed by atoms with Gasteiger partial charge in [0.25, 0.3) is 17.8 Å². The van der Waals surface area contributed by atoms with Crippen molar-refractivity contribution in [2.45, 2.75) is 12.5 Å². The molecule has 0 aliphatic carbocycles. The van der Waals surface area contributed by atoms with E-state index in [0.717, 1.165) is 12.3 Å². The fourth-order valence-corrected chi connectivity index (χ4v) is 2.82. The van der Waals surface area contributed by atoms with Gasteiger partial charge in [-0.25, -0.2) is 28.1 Å². The van der Waals surface area contributed by atoms with Crippen molar-refractivity contribution < 1.29 is 27.4 Å². The Morgan fingerprint density at radius 3 is 2.77 bits per heavy atom.